The van der Waals surface area contributed by atoms with Gasteiger partial charge < -0.3 is 5.48 Å². The maximum absolute atomic E-state index is 0. The SMILES string of the molecule is O.[Mn].[Na].[Na]. The number of rotatable bonds is 0. The number of hydrogen-bond acceptors (Lipinski definition) is 0. The summed E-state index contributed by atoms with van der Waals surface area (Å²) in [6, 6.07) is 0. The first kappa shape index (κ1) is 31.6. The molecule has 0 aliphatic rings. The molecule has 0 bridgehead atoms. The molecular weight excluding hydrogens is 117 g/mol. The van der Waals surface area contributed by atoms with Gasteiger partial charge in [-0.1, -0.05) is 0 Å². The van der Waals surface area contributed by atoms with Crippen molar-refractivity contribution in [2.45, 2.75) is 0 Å². The third kappa shape index (κ3) is 8.82. The van der Waals surface area contributed by atoms with E-state index in [2.05, 4.69) is 0 Å². The Labute approximate surface area is 80.3 Å². The summed E-state index contributed by atoms with van der Waals surface area (Å²) in [5.74, 6) is 0. The molecule has 0 atom stereocenters. The zero-order valence-electron chi connectivity index (χ0n) is 2.88. The average Bonchev–Trinajstić information content (AvgIpc) is 0. The van der Waals surface area contributed by atoms with E-state index in [4.69, 9.17) is 0 Å². The van der Waals surface area contributed by atoms with Gasteiger partial charge in [0.2, 0.25) is 0 Å². The van der Waals surface area contributed by atoms with Gasteiger partial charge in [-0.05, 0) is 0 Å². The van der Waals surface area contributed by atoms with Gasteiger partial charge in [0.15, 0.2) is 0 Å². The van der Waals surface area contributed by atoms with Gasteiger partial charge in [-0.3, -0.25) is 0 Å². The Bertz CT molecular complexity index is 6.00. The summed E-state index contributed by atoms with van der Waals surface area (Å²) in [5.41, 5.74) is 0. The minimum Gasteiger partial charge on any atom is -0.412 e. The standard InChI is InChI=1S/Mn.2Na.H2O/h;;;1H2. The smallest absolute Gasteiger partial charge is 0 e. The zero-order chi connectivity index (χ0) is 0. The third-order valence-corrected chi connectivity index (χ3v) is 0. The van der Waals surface area contributed by atoms with Crippen LogP contribution >= 0.6 is 0 Å². The fourth-order valence-electron chi connectivity index (χ4n) is 0. The Morgan fingerprint density at radius 2 is 0.750 bits per heavy atom. The maximum Gasteiger partial charge on any atom is 0 e. The van der Waals surface area contributed by atoms with Gasteiger partial charge in [-0.2, -0.15) is 0 Å². The van der Waals surface area contributed by atoms with Crippen LogP contribution in [0.4, 0.5) is 0 Å². The summed E-state index contributed by atoms with van der Waals surface area (Å²) in [4.78, 5) is 0. The predicted octanol–water partition coefficient (Wildman–Crippen LogP) is -1.59. The average molecular weight is 119 g/mol. The molecule has 0 aromatic carbocycles. The molecule has 0 spiro atoms. The molecule has 0 aromatic heterocycles. The normalized spacial score (nSPS) is 0. The summed E-state index contributed by atoms with van der Waals surface area (Å²) >= 11 is 0. The van der Waals surface area contributed by atoms with Crippen LogP contribution in [0.5, 0.6) is 0 Å². The Morgan fingerprint density at radius 1 is 0.750 bits per heavy atom. The van der Waals surface area contributed by atoms with E-state index in [0.29, 0.717) is 0 Å². The van der Waals surface area contributed by atoms with Gasteiger partial charge in [0.25, 0.3) is 0 Å². The summed E-state index contributed by atoms with van der Waals surface area (Å²) in [6.45, 7) is 0. The maximum atomic E-state index is 0. The molecule has 0 saturated carbocycles. The van der Waals surface area contributed by atoms with Gasteiger partial charge in [0.1, 0.15) is 0 Å². The van der Waals surface area contributed by atoms with E-state index in [0.717, 1.165) is 0 Å². The molecule has 4 heteroatoms. The van der Waals surface area contributed by atoms with Crippen molar-refractivity contribution >= 4 is 59.1 Å². The molecule has 0 saturated heterocycles. The first-order valence-electron chi connectivity index (χ1n) is 0. The van der Waals surface area contributed by atoms with Crippen LogP contribution in [0.1, 0.15) is 0 Å². The van der Waals surface area contributed by atoms with Crippen LogP contribution in [0.3, 0.4) is 0 Å². The van der Waals surface area contributed by atoms with Crippen LogP contribution in [-0.4, -0.2) is 64.6 Å². The Kier molecular flexibility index (Phi) is 141. The molecule has 2 N–H and O–H groups in total. The van der Waals surface area contributed by atoms with Gasteiger partial charge in [0.05, 0.1) is 0 Å². The first-order valence-corrected chi connectivity index (χ1v) is 0. The predicted molar refractivity (Wildman–Crippen MR) is 15.1 cm³/mol. The van der Waals surface area contributed by atoms with Gasteiger partial charge in [0, 0.05) is 76.2 Å². The molecule has 1 nitrogen and oxygen atoms in total. The number of hydrogen-bond donors (Lipinski definition) is 0. The van der Waals surface area contributed by atoms with Crippen molar-refractivity contribution in [2.75, 3.05) is 0 Å². The van der Waals surface area contributed by atoms with Crippen LogP contribution in [0.25, 0.3) is 0 Å². The van der Waals surface area contributed by atoms with Crippen LogP contribution in [0.2, 0.25) is 0 Å². The Hall–Kier alpha value is 2.48. The molecule has 4 heavy (non-hydrogen) atoms. The Balaban J connectivity index is 0. The minimum atomic E-state index is 0. The largest absolute Gasteiger partial charge is 0.412 e. The summed E-state index contributed by atoms with van der Waals surface area (Å²) in [5, 5.41) is 0. The van der Waals surface area contributed by atoms with Crippen molar-refractivity contribution in [1.29, 1.82) is 0 Å². The second-order valence-corrected chi connectivity index (χ2v) is 0. The van der Waals surface area contributed by atoms with E-state index >= 15 is 0 Å². The summed E-state index contributed by atoms with van der Waals surface area (Å²) in [6.07, 6.45) is 0. The molecule has 0 aromatic rings. The van der Waals surface area contributed by atoms with E-state index in [1.165, 1.54) is 0 Å². The topological polar surface area (TPSA) is 31.5 Å². The van der Waals surface area contributed by atoms with Gasteiger partial charge in [-0.15, -0.1) is 0 Å². The van der Waals surface area contributed by atoms with Crippen LogP contribution in [0.15, 0.2) is 0 Å². The second kappa shape index (κ2) is 17.9. The van der Waals surface area contributed by atoms with E-state index in [9.17, 15) is 0 Å². The van der Waals surface area contributed by atoms with Crippen molar-refractivity contribution in [1.82, 2.24) is 0 Å². The summed E-state index contributed by atoms with van der Waals surface area (Å²) in [7, 11) is 0. The van der Waals surface area contributed by atoms with Crippen molar-refractivity contribution in [3.8, 4) is 0 Å². The van der Waals surface area contributed by atoms with Crippen molar-refractivity contribution in [3.63, 3.8) is 0 Å². The molecule has 3 radical (unpaired) electrons. The fourth-order valence-corrected chi connectivity index (χ4v) is 0. The van der Waals surface area contributed by atoms with Crippen molar-refractivity contribution in [2.24, 2.45) is 0 Å². The molecule has 0 amide bonds. The molecule has 0 unspecified atom stereocenters. The summed E-state index contributed by atoms with van der Waals surface area (Å²) < 4.78 is 0. The quantitative estimate of drug-likeness (QED) is 0.344. The van der Waals surface area contributed by atoms with E-state index in [1.54, 1.807) is 0 Å². The third-order valence-electron chi connectivity index (χ3n) is 0. The van der Waals surface area contributed by atoms with Crippen LogP contribution < -0.4 is 0 Å². The fraction of sp³-hybridized carbons (Fsp3) is 0. The van der Waals surface area contributed by atoms with E-state index in [1.807, 2.05) is 0 Å². The minimum absolute atomic E-state index is 0. The molecule has 0 aliphatic heterocycles. The second-order valence-electron chi connectivity index (χ2n) is 0. The molecule has 0 aliphatic carbocycles. The monoisotopic (exact) mass is 119 g/mol. The molecule has 0 rings (SSSR count). The zero-order valence-corrected chi connectivity index (χ0v) is 8.06. The molecule has 0 heterocycles. The first-order chi connectivity index (χ1) is 0. The van der Waals surface area contributed by atoms with E-state index in [-0.39, 0.29) is 81.7 Å². The molecule has 17 valence electrons. The molecule has 0 fully saturated rings. The van der Waals surface area contributed by atoms with Crippen LogP contribution in [-0.2, 0) is 17.1 Å². The van der Waals surface area contributed by atoms with Crippen molar-refractivity contribution in [3.05, 3.63) is 0 Å². The molecular formula is H2MnNa2O. The van der Waals surface area contributed by atoms with E-state index < -0.39 is 0 Å². The van der Waals surface area contributed by atoms with Crippen LogP contribution in [0, 0.1) is 0 Å². The van der Waals surface area contributed by atoms with Crippen molar-refractivity contribution < 1.29 is 22.5 Å². The van der Waals surface area contributed by atoms with Gasteiger partial charge >= 0.3 is 0 Å². The Morgan fingerprint density at radius 3 is 0.750 bits per heavy atom. The van der Waals surface area contributed by atoms with Gasteiger partial charge in [-0.25, -0.2) is 0 Å².